The van der Waals surface area contributed by atoms with E-state index in [4.69, 9.17) is 0 Å². The summed E-state index contributed by atoms with van der Waals surface area (Å²) in [4.78, 5) is 29.4. The molecule has 2 amide bonds. The topological polar surface area (TPSA) is 93.0 Å². The Morgan fingerprint density at radius 2 is 1.82 bits per heavy atom. The van der Waals surface area contributed by atoms with Crippen molar-refractivity contribution in [3.8, 4) is 11.4 Å². The highest BCUT2D eigenvalue weighted by molar-refractivity contribution is 7.10. The van der Waals surface area contributed by atoms with Gasteiger partial charge in [-0.3, -0.25) is 9.59 Å². The molecule has 0 aliphatic carbocycles. The van der Waals surface area contributed by atoms with Crippen LogP contribution in [-0.4, -0.2) is 43.5 Å². The third-order valence-corrected chi connectivity index (χ3v) is 6.45. The molecule has 0 radical (unpaired) electrons. The Morgan fingerprint density at radius 3 is 2.67 bits per heavy atom. The highest BCUT2D eigenvalue weighted by atomic mass is 32.1. The van der Waals surface area contributed by atoms with Gasteiger partial charge in [-0.15, -0.1) is 21.5 Å². The summed E-state index contributed by atoms with van der Waals surface area (Å²) in [6.07, 6.45) is 1.15. The van der Waals surface area contributed by atoms with Crippen molar-refractivity contribution in [1.82, 2.24) is 25.1 Å². The Kier molecular flexibility index (Phi) is 5.95. The molecule has 0 saturated heterocycles. The van der Waals surface area contributed by atoms with Crippen LogP contribution in [0.2, 0.25) is 0 Å². The molecule has 0 unspecified atom stereocenters. The second-order valence-corrected chi connectivity index (χ2v) is 8.86. The van der Waals surface area contributed by atoms with Gasteiger partial charge in [0.15, 0.2) is 0 Å². The molecule has 166 valence electrons. The molecule has 2 aromatic carbocycles. The van der Waals surface area contributed by atoms with Crippen molar-refractivity contribution in [3.63, 3.8) is 0 Å². The quantitative estimate of drug-likeness (QED) is 0.479. The van der Waals surface area contributed by atoms with Gasteiger partial charge in [0.05, 0.1) is 12.1 Å². The zero-order valence-corrected chi connectivity index (χ0v) is 18.7. The number of amides is 2. The van der Waals surface area contributed by atoms with E-state index in [9.17, 15) is 9.59 Å². The second-order valence-electron chi connectivity index (χ2n) is 7.83. The fraction of sp³-hybridized carbons (Fsp3) is 0.208. The number of anilines is 1. The SMILES string of the molecule is O=C(Cc1cccs1)Nc1ccccc1-c1nnn(CC(=O)N2CCc3ccccc3C2)n1. The maximum atomic E-state index is 12.8. The first-order chi connectivity index (χ1) is 16.2. The molecule has 33 heavy (non-hydrogen) atoms. The predicted molar refractivity (Wildman–Crippen MR) is 125 cm³/mol. The summed E-state index contributed by atoms with van der Waals surface area (Å²) in [6.45, 7) is 1.29. The standard InChI is InChI=1S/C24H22N6O2S/c31-22(14-19-8-5-13-33-19)25-21-10-4-3-9-20(21)24-26-28-30(27-24)16-23(32)29-12-11-17-6-1-2-7-18(17)15-29/h1-10,13H,11-12,14-16H2,(H,25,31). The van der Waals surface area contributed by atoms with Crippen molar-refractivity contribution in [3.05, 3.63) is 82.0 Å². The maximum Gasteiger partial charge on any atom is 0.246 e. The van der Waals surface area contributed by atoms with E-state index in [1.807, 2.05) is 52.7 Å². The van der Waals surface area contributed by atoms with Gasteiger partial charge in [0, 0.05) is 23.5 Å². The smallest absolute Gasteiger partial charge is 0.246 e. The number of aromatic nitrogens is 4. The van der Waals surface area contributed by atoms with Crippen molar-refractivity contribution in [2.45, 2.75) is 25.9 Å². The van der Waals surface area contributed by atoms with Gasteiger partial charge >= 0.3 is 0 Å². The number of tetrazole rings is 1. The van der Waals surface area contributed by atoms with Gasteiger partial charge in [0.25, 0.3) is 0 Å². The monoisotopic (exact) mass is 458 g/mol. The molecule has 0 saturated carbocycles. The Morgan fingerprint density at radius 1 is 1.00 bits per heavy atom. The number of carbonyl (C=O) groups excluding carboxylic acids is 2. The summed E-state index contributed by atoms with van der Waals surface area (Å²) in [7, 11) is 0. The average Bonchev–Trinajstić information content (AvgIpc) is 3.51. The number of benzene rings is 2. The minimum atomic E-state index is -0.113. The van der Waals surface area contributed by atoms with E-state index in [0.29, 0.717) is 36.6 Å². The molecular weight excluding hydrogens is 436 g/mol. The van der Waals surface area contributed by atoms with Crippen LogP contribution in [0.4, 0.5) is 5.69 Å². The highest BCUT2D eigenvalue weighted by Gasteiger charge is 2.22. The average molecular weight is 459 g/mol. The lowest BCUT2D eigenvalue weighted by atomic mass is 10.00. The summed E-state index contributed by atoms with van der Waals surface area (Å²) < 4.78 is 0. The first-order valence-electron chi connectivity index (χ1n) is 10.7. The van der Waals surface area contributed by atoms with E-state index in [2.05, 4.69) is 32.9 Å². The van der Waals surface area contributed by atoms with Crippen LogP contribution in [0, 0.1) is 0 Å². The van der Waals surface area contributed by atoms with E-state index in [1.165, 1.54) is 15.9 Å². The molecule has 5 rings (SSSR count). The molecule has 1 N–H and O–H groups in total. The summed E-state index contributed by atoms with van der Waals surface area (Å²) in [5.74, 6) is 0.197. The number of hydrogen-bond donors (Lipinski definition) is 1. The summed E-state index contributed by atoms with van der Waals surface area (Å²) in [5.41, 5.74) is 3.73. The number of hydrogen-bond acceptors (Lipinski definition) is 6. The Hall–Kier alpha value is -3.85. The molecule has 0 bridgehead atoms. The molecule has 0 fully saturated rings. The van der Waals surface area contributed by atoms with E-state index in [-0.39, 0.29) is 18.4 Å². The van der Waals surface area contributed by atoms with Gasteiger partial charge in [-0.1, -0.05) is 42.5 Å². The van der Waals surface area contributed by atoms with Gasteiger partial charge < -0.3 is 10.2 Å². The molecule has 0 spiro atoms. The van der Waals surface area contributed by atoms with Gasteiger partial charge in [-0.2, -0.15) is 4.80 Å². The third-order valence-electron chi connectivity index (χ3n) is 5.57. The number of nitrogens with one attached hydrogen (secondary N) is 1. The van der Waals surface area contributed by atoms with Crippen molar-refractivity contribution in [2.75, 3.05) is 11.9 Å². The number of carbonyl (C=O) groups is 2. The zero-order chi connectivity index (χ0) is 22.6. The van der Waals surface area contributed by atoms with Gasteiger partial charge in [0.1, 0.15) is 6.54 Å². The van der Waals surface area contributed by atoms with Crippen LogP contribution in [-0.2, 0) is 35.5 Å². The minimum Gasteiger partial charge on any atom is -0.336 e. The summed E-state index contributed by atoms with van der Waals surface area (Å²) in [6, 6.07) is 19.4. The molecule has 4 aromatic rings. The molecule has 3 heterocycles. The zero-order valence-electron chi connectivity index (χ0n) is 17.8. The first-order valence-corrected chi connectivity index (χ1v) is 11.6. The number of nitrogens with zero attached hydrogens (tertiary/aromatic N) is 5. The highest BCUT2D eigenvalue weighted by Crippen LogP contribution is 2.25. The lowest BCUT2D eigenvalue weighted by molar-refractivity contribution is -0.133. The van der Waals surface area contributed by atoms with Crippen LogP contribution in [0.25, 0.3) is 11.4 Å². The number of rotatable bonds is 6. The van der Waals surface area contributed by atoms with Crippen molar-refractivity contribution >= 4 is 28.8 Å². The molecule has 9 heteroatoms. The van der Waals surface area contributed by atoms with Crippen molar-refractivity contribution in [2.24, 2.45) is 0 Å². The van der Waals surface area contributed by atoms with Crippen LogP contribution < -0.4 is 5.32 Å². The van der Waals surface area contributed by atoms with Crippen LogP contribution in [0.5, 0.6) is 0 Å². The molecule has 8 nitrogen and oxygen atoms in total. The summed E-state index contributed by atoms with van der Waals surface area (Å²) >= 11 is 1.54. The van der Waals surface area contributed by atoms with E-state index >= 15 is 0 Å². The number of thiophene rings is 1. The van der Waals surface area contributed by atoms with Crippen LogP contribution in [0.1, 0.15) is 16.0 Å². The van der Waals surface area contributed by atoms with Gasteiger partial charge in [-0.25, -0.2) is 0 Å². The Bertz CT molecular complexity index is 1280. The van der Waals surface area contributed by atoms with Crippen LogP contribution in [0.3, 0.4) is 0 Å². The Labute approximate surface area is 194 Å². The lowest BCUT2D eigenvalue weighted by Crippen LogP contribution is -2.38. The largest absolute Gasteiger partial charge is 0.336 e. The Balaban J connectivity index is 1.26. The predicted octanol–water partition coefficient (Wildman–Crippen LogP) is 3.17. The first kappa shape index (κ1) is 21.0. The molecule has 1 aliphatic rings. The molecule has 2 aromatic heterocycles. The minimum absolute atomic E-state index is 0.0159. The van der Waals surface area contributed by atoms with Gasteiger partial charge in [-0.05, 0) is 46.3 Å². The van der Waals surface area contributed by atoms with E-state index in [1.54, 1.807) is 17.4 Å². The molecule has 1 aliphatic heterocycles. The van der Waals surface area contributed by atoms with E-state index < -0.39 is 0 Å². The lowest BCUT2D eigenvalue weighted by Gasteiger charge is -2.28. The van der Waals surface area contributed by atoms with Crippen molar-refractivity contribution in [1.29, 1.82) is 0 Å². The fourth-order valence-corrected chi connectivity index (χ4v) is 4.60. The van der Waals surface area contributed by atoms with Crippen LogP contribution >= 0.6 is 11.3 Å². The maximum absolute atomic E-state index is 12.8. The second kappa shape index (κ2) is 9.33. The normalized spacial score (nSPS) is 12.9. The van der Waals surface area contributed by atoms with E-state index in [0.717, 1.165) is 11.3 Å². The summed E-state index contributed by atoms with van der Waals surface area (Å²) in [5, 5.41) is 17.5. The number of fused-ring (bicyclic) bond motifs is 1. The molecule has 0 atom stereocenters. The van der Waals surface area contributed by atoms with Gasteiger partial charge in [0.2, 0.25) is 17.6 Å². The molecular formula is C24H22N6O2S. The van der Waals surface area contributed by atoms with Crippen LogP contribution in [0.15, 0.2) is 66.0 Å². The number of para-hydroxylation sites is 1. The van der Waals surface area contributed by atoms with Crippen molar-refractivity contribution < 1.29 is 9.59 Å². The fourth-order valence-electron chi connectivity index (χ4n) is 3.90. The third kappa shape index (κ3) is 4.83.